The van der Waals surface area contributed by atoms with Gasteiger partial charge in [0.05, 0.1) is 13.5 Å². The van der Waals surface area contributed by atoms with Crippen molar-refractivity contribution < 1.29 is 18.7 Å². The van der Waals surface area contributed by atoms with Crippen molar-refractivity contribution in [3.8, 4) is 5.75 Å². The molecule has 5 nitrogen and oxygen atoms in total. The topological polar surface area (TPSA) is 58.6 Å². The van der Waals surface area contributed by atoms with E-state index in [0.29, 0.717) is 12.1 Å². The second kappa shape index (κ2) is 8.99. The van der Waals surface area contributed by atoms with E-state index in [0.717, 1.165) is 11.3 Å². The molecule has 0 radical (unpaired) electrons. The monoisotopic (exact) mass is 358 g/mol. The van der Waals surface area contributed by atoms with Crippen LogP contribution < -0.4 is 10.1 Å². The highest BCUT2D eigenvalue weighted by Crippen LogP contribution is 2.16. The maximum atomic E-state index is 13.1. The average molecular weight is 358 g/mol. The number of hydrogen-bond acceptors (Lipinski definition) is 3. The predicted octanol–water partition coefficient (Wildman–Crippen LogP) is 2.54. The van der Waals surface area contributed by atoms with E-state index in [9.17, 15) is 14.0 Å². The van der Waals surface area contributed by atoms with Crippen molar-refractivity contribution in [2.24, 2.45) is 0 Å². The molecule has 0 aromatic heterocycles. The molecule has 1 N–H and O–H groups in total. The Labute approximate surface area is 152 Å². The minimum Gasteiger partial charge on any atom is -0.497 e. The van der Waals surface area contributed by atoms with E-state index >= 15 is 0 Å². The first-order chi connectivity index (χ1) is 12.4. The number of benzene rings is 2. The van der Waals surface area contributed by atoms with Crippen LogP contribution in [0.25, 0.3) is 0 Å². The summed E-state index contributed by atoms with van der Waals surface area (Å²) in [6.07, 6.45) is 0.0950. The van der Waals surface area contributed by atoms with Crippen molar-refractivity contribution in [2.45, 2.75) is 25.9 Å². The van der Waals surface area contributed by atoms with Crippen LogP contribution >= 0.6 is 0 Å². The number of amides is 2. The van der Waals surface area contributed by atoms with Gasteiger partial charge in [-0.1, -0.05) is 24.3 Å². The molecule has 2 rings (SSSR count). The largest absolute Gasteiger partial charge is 0.497 e. The molecule has 2 aromatic carbocycles. The number of rotatable bonds is 7. The molecule has 0 bridgehead atoms. The van der Waals surface area contributed by atoms with Gasteiger partial charge in [-0.15, -0.1) is 0 Å². The highest BCUT2D eigenvalue weighted by atomic mass is 19.1. The molecule has 0 saturated heterocycles. The van der Waals surface area contributed by atoms with E-state index in [1.54, 1.807) is 26.2 Å². The first-order valence-corrected chi connectivity index (χ1v) is 8.33. The maximum absolute atomic E-state index is 13.1. The highest BCUT2D eigenvalue weighted by Gasteiger charge is 2.25. The third-order valence-corrected chi connectivity index (χ3v) is 4.19. The lowest BCUT2D eigenvalue weighted by atomic mass is 10.1. The number of nitrogens with one attached hydrogen (secondary N) is 1. The zero-order valence-electron chi connectivity index (χ0n) is 15.2. The molecule has 6 heteroatoms. The van der Waals surface area contributed by atoms with Gasteiger partial charge in [0.1, 0.15) is 17.6 Å². The summed E-state index contributed by atoms with van der Waals surface area (Å²) in [6, 6.07) is 12.5. The molecule has 0 aliphatic heterocycles. The third-order valence-electron chi connectivity index (χ3n) is 4.19. The number of methoxy groups -OCH3 is 1. The molecule has 138 valence electrons. The summed E-state index contributed by atoms with van der Waals surface area (Å²) in [5.41, 5.74) is 1.58. The van der Waals surface area contributed by atoms with Crippen LogP contribution in [0.4, 0.5) is 4.39 Å². The average Bonchev–Trinajstić information content (AvgIpc) is 2.67. The van der Waals surface area contributed by atoms with Crippen molar-refractivity contribution in [2.75, 3.05) is 14.2 Å². The van der Waals surface area contributed by atoms with Gasteiger partial charge in [-0.05, 0) is 42.3 Å². The van der Waals surface area contributed by atoms with Crippen LogP contribution in [-0.2, 0) is 22.6 Å². The van der Waals surface area contributed by atoms with Crippen molar-refractivity contribution in [1.29, 1.82) is 0 Å². The SMILES string of the molecule is CNC(=O)[C@@H](C)N(Cc1ccc(OC)cc1)C(=O)Cc1ccc(F)cc1. The molecule has 2 aromatic rings. The Kier molecular flexibility index (Phi) is 6.72. The van der Waals surface area contributed by atoms with Crippen LogP contribution in [-0.4, -0.2) is 36.9 Å². The van der Waals surface area contributed by atoms with Crippen molar-refractivity contribution in [3.63, 3.8) is 0 Å². The van der Waals surface area contributed by atoms with Crippen molar-refractivity contribution >= 4 is 11.8 Å². The zero-order valence-corrected chi connectivity index (χ0v) is 15.2. The summed E-state index contributed by atoms with van der Waals surface area (Å²) in [5, 5.41) is 2.57. The van der Waals surface area contributed by atoms with Gasteiger partial charge in [0.25, 0.3) is 0 Å². The van der Waals surface area contributed by atoms with E-state index in [2.05, 4.69) is 5.32 Å². The van der Waals surface area contributed by atoms with Crippen LogP contribution in [0, 0.1) is 5.82 Å². The van der Waals surface area contributed by atoms with Crippen LogP contribution in [0.5, 0.6) is 5.75 Å². The second-order valence-electron chi connectivity index (χ2n) is 5.96. The van der Waals surface area contributed by atoms with Crippen LogP contribution in [0.1, 0.15) is 18.1 Å². The molecule has 0 heterocycles. The normalized spacial score (nSPS) is 11.5. The Bertz CT molecular complexity index is 745. The minimum atomic E-state index is -0.630. The third kappa shape index (κ3) is 5.05. The van der Waals surface area contributed by atoms with Gasteiger partial charge in [0.15, 0.2) is 0 Å². The van der Waals surface area contributed by atoms with Crippen LogP contribution in [0.15, 0.2) is 48.5 Å². The Morgan fingerprint density at radius 2 is 1.65 bits per heavy atom. The van der Waals surface area contributed by atoms with E-state index in [-0.39, 0.29) is 24.1 Å². The molecule has 1 atom stereocenters. The number of likely N-dealkylation sites (N-methyl/N-ethyl adjacent to an activating group) is 1. The molecule has 26 heavy (non-hydrogen) atoms. The predicted molar refractivity (Wildman–Crippen MR) is 97.2 cm³/mol. The van der Waals surface area contributed by atoms with Gasteiger partial charge in [0, 0.05) is 13.6 Å². The first-order valence-electron chi connectivity index (χ1n) is 8.33. The zero-order chi connectivity index (χ0) is 19.1. The molecule has 0 fully saturated rings. The molecule has 0 unspecified atom stereocenters. The first kappa shape index (κ1) is 19.4. The lowest BCUT2D eigenvalue weighted by Crippen LogP contribution is -2.47. The maximum Gasteiger partial charge on any atom is 0.242 e. The summed E-state index contributed by atoms with van der Waals surface area (Å²) in [5.74, 6) is -0.0817. The number of halogens is 1. The quantitative estimate of drug-likeness (QED) is 0.827. The summed E-state index contributed by atoms with van der Waals surface area (Å²) in [6.45, 7) is 1.98. The number of carbonyl (C=O) groups is 2. The lowest BCUT2D eigenvalue weighted by Gasteiger charge is -2.28. The standard InChI is InChI=1S/C20H23FN2O3/c1-14(20(25)22-2)23(13-16-6-10-18(26-3)11-7-16)19(24)12-15-4-8-17(21)9-5-15/h4-11,14H,12-13H2,1-3H3,(H,22,25)/t14-/m1/s1. The van der Waals surface area contributed by atoms with E-state index < -0.39 is 6.04 Å². The van der Waals surface area contributed by atoms with Crippen LogP contribution in [0.2, 0.25) is 0 Å². The van der Waals surface area contributed by atoms with E-state index in [1.807, 2.05) is 24.3 Å². The Balaban J connectivity index is 2.19. The van der Waals surface area contributed by atoms with Gasteiger partial charge in [-0.25, -0.2) is 4.39 Å². The lowest BCUT2D eigenvalue weighted by molar-refractivity contribution is -0.139. The molecule has 0 aliphatic rings. The van der Waals surface area contributed by atoms with Gasteiger partial charge >= 0.3 is 0 Å². The number of hydrogen-bond donors (Lipinski definition) is 1. The molecule has 0 spiro atoms. The summed E-state index contributed by atoms with van der Waals surface area (Å²) in [4.78, 5) is 26.4. The van der Waals surface area contributed by atoms with Crippen molar-refractivity contribution in [3.05, 3.63) is 65.5 Å². The summed E-state index contributed by atoms with van der Waals surface area (Å²) in [7, 11) is 3.12. The van der Waals surface area contributed by atoms with Gasteiger partial charge in [-0.3, -0.25) is 9.59 Å². The molecular weight excluding hydrogens is 335 g/mol. The molecule has 0 saturated carbocycles. The highest BCUT2D eigenvalue weighted by molar-refractivity contribution is 5.88. The minimum absolute atomic E-state index is 0.0950. The summed E-state index contributed by atoms with van der Waals surface area (Å²) >= 11 is 0. The fourth-order valence-electron chi connectivity index (χ4n) is 2.60. The Hall–Kier alpha value is -2.89. The fraction of sp³-hybridized carbons (Fsp3) is 0.300. The molecular formula is C20H23FN2O3. The number of carbonyl (C=O) groups excluding carboxylic acids is 2. The number of nitrogens with zero attached hydrogens (tertiary/aromatic N) is 1. The van der Waals surface area contributed by atoms with Crippen LogP contribution in [0.3, 0.4) is 0 Å². The van der Waals surface area contributed by atoms with Crippen molar-refractivity contribution in [1.82, 2.24) is 10.2 Å². The van der Waals surface area contributed by atoms with E-state index in [1.165, 1.54) is 24.1 Å². The van der Waals surface area contributed by atoms with Gasteiger partial charge in [0.2, 0.25) is 11.8 Å². The second-order valence-corrected chi connectivity index (χ2v) is 5.96. The summed E-state index contributed by atoms with van der Waals surface area (Å²) < 4.78 is 18.2. The Morgan fingerprint density at radius 3 is 2.19 bits per heavy atom. The van der Waals surface area contributed by atoms with Gasteiger partial charge in [-0.2, -0.15) is 0 Å². The van der Waals surface area contributed by atoms with E-state index in [4.69, 9.17) is 4.74 Å². The molecule has 2 amide bonds. The smallest absolute Gasteiger partial charge is 0.242 e. The Morgan fingerprint density at radius 1 is 1.08 bits per heavy atom. The van der Waals surface area contributed by atoms with Gasteiger partial charge < -0.3 is 15.0 Å². The number of ether oxygens (including phenoxy) is 1. The molecule has 0 aliphatic carbocycles. The fourth-order valence-corrected chi connectivity index (χ4v) is 2.60.